The molecule has 9 heteroatoms. The lowest BCUT2D eigenvalue weighted by Gasteiger charge is -2.16. The Bertz CT molecular complexity index is 1620. The Morgan fingerprint density at radius 1 is 1.05 bits per heavy atom. The summed E-state index contributed by atoms with van der Waals surface area (Å²) in [6.45, 7) is 1.12. The minimum atomic E-state index is 0.553. The summed E-state index contributed by atoms with van der Waals surface area (Å²) in [5.41, 5.74) is 6.45. The Morgan fingerprint density at radius 2 is 1.97 bits per heavy atom. The third-order valence-corrected chi connectivity index (χ3v) is 6.72. The zero-order valence-electron chi connectivity index (χ0n) is 20.4. The van der Waals surface area contributed by atoms with Crippen LogP contribution in [0.5, 0.6) is 17.2 Å². The molecule has 3 heterocycles. The minimum absolute atomic E-state index is 0.553. The van der Waals surface area contributed by atoms with E-state index in [0.29, 0.717) is 23.9 Å². The van der Waals surface area contributed by atoms with E-state index in [4.69, 9.17) is 25.8 Å². The second kappa shape index (κ2) is 9.63. The molecule has 5 aromatic rings. The quantitative estimate of drug-likeness (QED) is 0.312. The van der Waals surface area contributed by atoms with Crippen molar-refractivity contribution in [3.05, 3.63) is 83.3 Å². The van der Waals surface area contributed by atoms with Gasteiger partial charge in [-0.15, -0.1) is 0 Å². The highest BCUT2D eigenvalue weighted by Crippen LogP contribution is 2.40. The molecule has 1 N–H and O–H groups in total. The van der Waals surface area contributed by atoms with E-state index in [1.165, 1.54) is 0 Å². The van der Waals surface area contributed by atoms with Crippen molar-refractivity contribution in [3.63, 3.8) is 0 Å². The van der Waals surface area contributed by atoms with Gasteiger partial charge in [0.05, 0.1) is 38.2 Å². The number of halogens is 1. The number of hydrogen-bond donors (Lipinski definition) is 1. The Labute approximate surface area is 218 Å². The fourth-order valence-corrected chi connectivity index (χ4v) is 4.88. The molecule has 0 saturated carbocycles. The second-order valence-corrected chi connectivity index (χ2v) is 9.09. The number of fused-ring (bicyclic) bond motifs is 4. The molecule has 0 aliphatic carbocycles. The summed E-state index contributed by atoms with van der Waals surface area (Å²) in [6.07, 6.45) is 4.31. The Kier molecular flexibility index (Phi) is 6.02. The molecule has 0 spiro atoms. The summed E-state index contributed by atoms with van der Waals surface area (Å²) in [5.74, 6) is 2.21. The second-order valence-electron chi connectivity index (χ2n) is 8.65. The van der Waals surface area contributed by atoms with Crippen LogP contribution in [-0.2, 0) is 13.0 Å². The van der Waals surface area contributed by atoms with Gasteiger partial charge < -0.3 is 19.5 Å². The van der Waals surface area contributed by atoms with Crippen LogP contribution in [0.2, 0.25) is 5.02 Å². The van der Waals surface area contributed by atoms with Crippen LogP contribution in [-0.4, -0.2) is 40.8 Å². The van der Waals surface area contributed by atoms with Crippen molar-refractivity contribution >= 4 is 28.2 Å². The number of nitrogens with zero attached hydrogens (tertiary/aromatic N) is 4. The van der Waals surface area contributed by atoms with Crippen molar-refractivity contribution in [1.82, 2.24) is 20.0 Å². The molecule has 186 valence electrons. The third kappa shape index (κ3) is 4.29. The molecule has 0 fully saturated rings. The van der Waals surface area contributed by atoms with Gasteiger partial charge in [0.1, 0.15) is 22.9 Å². The molecule has 0 amide bonds. The van der Waals surface area contributed by atoms with Gasteiger partial charge in [0.15, 0.2) is 0 Å². The van der Waals surface area contributed by atoms with Crippen molar-refractivity contribution in [3.8, 4) is 34.1 Å². The van der Waals surface area contributed by atoms with Crippen LogP contribution in [0, 0.1) is 0 Å². The molecule has 0 atom stereocenters. The first kappa shape index (κ1) is 23.1. The molecule has 1 aliphatic rings. The van der Waals surface area contributed by atoms with Crippen molar-refractivity contribution in [2.45, 2.75) is 13.0 Å². The zero-order valence-corrected chi connectivity index (χ0v) is 21.1. The first-order valence-corrected chi connectivity index (χ1v) is 12.2. The van der Waals surface area contributed by atoms with Gasteiger partial charge in [0, 0.05) is 58.5 Å². The lowest BCUT2D eigenvalue weighted by Crippen LogP contribution is -2.04. The zero-order chi connectivity index (χ0) is 25.4. The molecule has 0 bridgehead atoms. The topological polar surface area (TPSA) is 83.3 Å². The van der Waals surface area contributed by atoms with E-state index in [2.05, 4.69) is 26.7 Å². The Balaban J connectivity index is 1.37. The molecule has 0 radical (unpaired) electrons. The summed E-state index contributed by atoms with van der Waals surface area (Å²) in [4.78, 5) is 0. The summed E-state index contributed by atoms with van der Waals surface area (Å²) in [6, 6.07) is 17.7. The standard InChI is InChI=1S/C28H24ClN5O3/c1-35-21-5-3-18(26(14-21)36-2)15-30-25-16-31-33-24-11-17(4-6-22(24)25)23-12-19(29)13-27-28(23)34-20(7-9-32-34)8-10-37-27/h3-7,9,11-14,16H,8,10,15H2,1-2H3,(H,30,33). The van der Waals surface area contributed by atoms with E-state index in [1.54, 1.807) is 20.4 Å². The monoisotopic (exact) mass is 513 g/mol. The average molecular weight is 514 g/mol. The van der Waals surface area contributed by atoms with Crippen molar-refractivity contribution in [2.75, 3.05) is 26.1 Å². The maximum Gasteiger partial charge on any atom is 0.147 e. The molecular formula is C28H24ClN5O3. The highest BCUT2D eigenvalue weighted by Gasteiger charge is 2.21. The predicted octanol–water partition coefficient (Wildman–Crippen LogP) is 5.70. The van der Waals surface area contributed by atoms with Crippen molar-refractivity contribution in [1.29, 1.82) is 0 Å². The summed E-state index contributed by atoms with van der Waals surface area (Å²) in [5, 5.41) is 18.2. The molecular weight excluding hydrogens is 490 g/mol. The van der Waals surface area contributed by atoms with E-state index < -0.39 is 0 Å². The molecule has 3 aromatic carbocycles. The fourth-order valence-electron chi connectivity index (χ4n) is 4.67. The van der Waals surface area contributed by atoms with Gasteiger partial charge >= 0.3 is 0 Å². The predicted molar refractivity (Wildman–Crippen MR) is 143 cm³/mol. The third-order valence-electron chi connectivity index (χ3n) is 6.50. The molecule has 6 rings (SSSR count). The summed E-state index contributed by atoms with van der Waals surface area (Å²) in [7, 11) is 3.29. The van der Waals surface area contributed by atoms with Crippen LogP contribution >= 0.6 is 11.6 Å². The Morgan fingerprint density at radius 3 is 2.84 bits per heavy atom. The maximum atomic E-state index is 6.51. The van der Waals surface area contributed by atoms with Crippen LogP contribution < -0.4 is 19.5 Å². The van der Waals surface area contributed by atoms with E-state index in [-0.39, 0.29) is 0 Å². The molecule has 1 aliphatic heterocycles. The van der Waals surface area contributed by atoms with Crippen LogP contribution in [0.4, 0.5) is 5.69 Å². The number of hydrogen-bond acceptors (Lipinski definition) is 7. The van der Waals surface area contributed by atoms with Gasteiger partial charge in [-0.05, 0) is 42.0 Å². The highest BCUT2D eigenvalue weighted by atomic mass is 35.5. The lowest BCUT2D eigenvalue weighted by atomic mass is 10.0. The van der Waals surface area contributed by atoms with Crippen LogP contribution in [0.3, 0.4) is 0 Å². The SMILES string of the molecule is COc1ccc(CNc2cnnc3cc(-c4cc(Cl)cc5c4-n4nccc4CCO5)ccc23)c(OC)c1. The van der Waals surface area contributed by atoms with Gasteiger partial charge in [-0.1, -0.05) is 17.7 Å². The number of rotatable bonds is 6. The highest BCUT2D eigenvalue weighted by molar-refractivity contribution is 6.31. The average Bonchev–Trinajstić information content (AvgIpc) is 3.31. The lowest BCUT2D eigenvalue weighted by molar-refractivity contribution is 0.326. The van der Waals surface area contributed by atoms with Gasteiger partial charge in [-0.2, -0.15) is 15.3 Å². The number of anilines is 1. The number of nitrogens with one attached hydrogen (secondary N) is 1. The van der Waals surface area contributed by atoms with E-state index in [1.807, 2.05) is 59.4 Å². The first-order valence-electron chi connectivity index (χ1n) is 11.8. The van der Waals surface area contributed by atoms with Crippen LogP contribution in [0.25, 0.3) is 27.7 Å². The molecule has 8 nitrogen and oxygen atoms in total. The molecule has 37 heavy (non-hydrogen) atoms. The molecule has 2 aromatic heterocycles. The van der Waals surface area contributed by atoms with Crippen molar-refractivity contribution in [2.24, 2.45) is 0 Å². The van der Waals surface area contributed by atoms with Gasteiger partial charge in [0.2, 0.25) is 0 Å². The normalized spacial score (nSPS) is 12.3. The van der Waals surface area contributed by atoms with E-state index in [9.17, 15) is 0 Å². The maximum absolute atomic E-state index is 6.51. The van der Waals surface area contributed by atoms with Gasteiger partial charge in [-0.3, -0.25) is 0 Å². The van der Waals surface area contributed by atoms with Crippen molar-refractivity contribution < 1.29 is 14.2 Å². The Hall–Kier alpha value is -4.30. The summed E-state index contributed by atoms with van der Waals surface area (Å²) < 4.78 is 18.8. The largest absolute Gasteiger partial charge is 0.497 e. The first-order chi connectivity index (χ1) is 18.1. The number of aromatic nitrogens is 4. The molecule has 0 unspecified atom stereocenters. The van der Waals surface area contributed by atoms with Gasteiger partial charge in [-0.25, -0.2) is 4.68 Å². The fraction of sp³-hybridized carbons (Fsp3) is 0.179. The summed E-state index contributed by atoms with van der Waals surface area (Å²) >= 11 is 6.51. The van der Waals surface area contributed by atoms with Crippen LogP contribution in [0.1, 0.15) is 11.3 Å². The van der Waals surface area contributed by atoms with E-state index >= 15 is 0 Å². The van der Waals surface area contributed by atoms with Gasteiger partial charge in [0.25, 0.3) is 0 Å². The minimum Gasteiger partial charge on any atom is -0.497 e. The number of methoxy groups -OCH3 is 2. The number of benzene rings is 3. The number of ether oxygens (including phenoxy) is 3. The van der Waals surface area contributed by atoms with Crippen LogP contribution in [0.15, 0.2) is 67.0 Å². The van der Waals surface area contributed by atoms with E-state index in [0.717, 1.165) is 62.6 Å². The smallest absolute Gasteiger partial charge is 0.147 e. The molecule has 0 saturated heterocycles.